The van der Waals surface area contributed by atoms with Gasteiger partial charge in [0.25, 0.3) is 5.91 Å². The largest absolute Gasteiger partial charge is 0.347 e. The molecule has 0 unspecified atom stereocenters. The summed E-state index contributed by atoms with van der Waals surface area (Å²) in [5.74, 6) is -0.125. The van der Waals surface area contributed by atoms with Crippen LogP contribution in [0.2, 0.25) is 0 Å². The number of hydrogen-bond acceptors (Lipinski definition) is 3. The molecule has 0 spiro atoms. The van der Waals surface area contributed by atoms with Crippen LogP contribution in [-0.4, -0.2) is 22.2 Å². The lowest BCUT2D eigenvalue weighted by atomic mass is 10.0. The maximum absolute atomic E-state index is 11.7. The molecule has 0 saturated carbocycles. The van der Waals surface area contributed by atoms with Gasteiger partial charge >= 0.3 is 0 Å². The monoisotopic (exact) mass is 239 g/mol. The molecule has 1 aliphatic carbocycles. The maximum atomic E-state index is 11.7. The molecule has 0 aliphatic heterocycles. The van der Waals surface area contributed by atoms with Crippen molar-refractivity contribution in [3.8, 4) is 0 Å². The lowest BCUT2D eigenvalue weighted by molar-refractivity contribution is -0.116. The number of nitrogens with one attached hydrogen (secondary N) is 1. The van der Waals surface area contributed by atoms with Crippen LogP contribution in [0.1, 0.15) is 19.8 Å². The molecule has 0 atom stereocenters. The van der Waals surface area contributed by atoms with E-state index in [1.165, 1.54) is 0 Å². The van der Waals surface area contributed by atoms with Gasteiger partial charge in [0.1, 0.15) is 0 Å². The first-order valence-corrected chi connectivity index (χ1v) is 5.66. The minimum atomic E-state index is -0.125. The molecule has 0 aromatic rings. The van der Waals surface area contributed by atoms with Gasteiger partial charge in [0.05, 0.1) is 5.57 Å². The van der Waals surface area contributed by atoms with Gasteiger partial charge in [0.15, 0.2) is 0 Å². The molecule has 1 rings (SSSR count). The van der Waals surface area contributed by atoms with Gasteiger partial charge in [-0.2, -0.15) is 0 Å². The average Bonchev–Trinajstić information content (AvgIpc) is 2.26. The van der Waals surface area contributed by atoms with Crippen LogP contribution >= 0.6 is 24.4 Å². The van der Waals surface area contributed by atoms with Gasteiger partial charge in [-0.15, -0.1) is 0 Å². The highest BCUT2D eigenvalue weighted by Gasteiger charge is 2.14. The molecule has 0 fully saturated rings. The van der Waals surface area contributed by atoms with E-state index in [0.717, 1.165) is 11.3 Å². The van der Waals surface area contributed by atoms with Crippen molar-refractivity contribution in [2.75, 3.05) is 6.54 Å². The van der Waals surface area contributed by atoms with Gasteiger partial charge in [-0.25, -0.2) is 0 Å². The maximum Gasteiger partial charge on any atom is 0.252 e. The van der Waals surface area contributed by atoms with Gasteiger partial charge in [0.2, 0.25) is 0 Å². The zero-order chi connectivity index (χ0) is 11.3. The van der Waals surface area contributed by atoms with Crippen molar-refractivity contribution in [2.45, 2.75) is 19.8 Å². The molecule has 0 radical (unpaired) electrons. The fraction of sp³-hybridized carbons (Fsp3) is 0.364. The van der Waals surface area contributed by atoms with Crippen molar-refractivity contribution in [3.63, 3.8) is 0 Å². The zero-order valence-electron chi connectivity index (χ0n) is 8.58. The van der Waals surface area contributed by atoms with E-state index >= 15 is 0 Å². The molecule has 1 aliphatic rings. The third-order valence-electron chi connectivity index (χ3n) is 2.09. The van der Waals surface area contributed by atoms with Crippen LogP contribution in [0.15, 0.2) is 23.8 Å². The van der Waals surface area contributed by atoms with Crippen LogP contribution in [0.4, 0.5) is 0 Å². The van der Waals surface area contributed by atoms with Gasteiger partial charge in [-0.3, -0.25) is 4.79 Å². The number of allylic oxidation sites excluding steroid dienone is 3. The summed E-state index contributed by atoms with van der Waals surface area (Å²) in [7, 11) is 0. The predicted molar refractivity (Wildman–Crippen MR) is 70.3 cm³/mol. The van der Waals surface area contributed by atoms with E-state index in [2.05, 4.69) is 5.32 Å². The van der Waals surface area contributed by atoms with Gasteiger partial charge < -0.3 is 5.32 Å². The second kappa shape index (κ2) is 5.88. The minimum absolute atomic E-state index is 0.125. The van der Waals surface area contributed by atoms with Crippen molar-refractivity contribution < 1.29 is 4.79 Å². The summed E-state index contributed by atoms with van der Waals surface area (Å²) >= 11 is 10.1. The molecule has 15 heavy (non-hydrogen) atoms. The fourth-order valence-corrected chi connectivity index (χ4v) is 1.47. The van der Waals surface area contributed by atoms with E-state index in [4.69, 9.17) is 24.4 Å². The first-order valence-electron chi connectivity index (χ1n) is 4.85. The molecule has 80 valence electrons. The molecule has 0 saturated heterocycles. The number of carbonyl (C=O) groups is 1. The molecule has 1 N–H and O–H groups in total. The topological polar surface area (TPSA) is 29.1 Å². The van der Waals surface area contributed by atoms with E-state index in [-0.39, 0.29) is 5.91 Å². The molecule has 1 amide bonds. The molecule has 4 heteroatoms. The Morgan fingerprint density at radius 1 is 1.60 bits per heavy atom. The molecule has 2 nitrogen and oxygen atoms in total. The van der Waals surface area contributed by atoms with Crippen LogP contribution < -0.4 is 5.32 Å². The molecule has 0 aromatic carbocycles. The highest BCUT2D eigenvalue weighted by molar-refractivity contribution is 7.81. The van der Waals surface area contributed by atoms with Gasteiger partial charge in [0, 0.05) is 22.7 Å². The summed E-state index contributed by atoms with van der Waals surface area (Å²) in [6, 6.07) is 0. The number of amides is 1. The Balaban J connectivity index is 2.53. The number of thiocarbonyl (C=S) groups is 2. The Hall–Kier alpha value is -0.870. The third-order valence-corrected chi connectivity index (χ3v) is 2.91. The second-order valence-corrected chi connectivity index (χ2v) is 4.28. The number of hydrogen-bond donors (Lipinski definition) is 1. The van der Waals surface area contributed by atoms with E-state index in [1.807, 2.05) is 19.1 Å². The molecule has 0 heterocycles. The SMILES string of the molecule is CCC(=S)CNC(=O)C1=CC=CCC1=S. The van der Waals surface area contributed by atoms with E-state index in [9.17, 15) is 4.79 Å². The van der Waals surface area contributed by atoms with Crippen LogP contribution in [0.3, 0.4) is 0 Å². The summed E-state index contributed by atoms with van der Waals surface area (Å²) in [6.07, 6.45) is 7.01. The van der Waals surface area contributed by atoms with Crippen molar-refractivity contribution >= 4 is 40.1 Å². The first kappa shape index (κ1) is 12.2. The van der Waals surface area contributed by atoms with Crippen molar-refractivity contribution in [1.29, 1.82) is 0 Å². The number of carbonyl (C=O) groups excluding carboxylic acids is 1. The molecular weight excluding hydrogens is 226 g/mol. The van der Waals surface area contributed by atoms with E-state index in [1.54, 1.807) is 6.08 Å². The summed E-state index contributed by atoms with van der Waals surface area (Å²) in [6.45, 7) is 2.43. The smallest absolute Gasteiger partial charge is 0.252 e. The highest BCUT2D eigenvalue weighted by atomic mass is 32.1. The Labute approximate surface area is 100 Å². The molecule has 0 bridgehead atoms. The van der Waals surface area contributed by atoms with Crippen LogP contribution in [0, 0.1) is 0 Å². The van der Waals surface area contributed by atoms with E-state index < -0.39 is 0 Å². The standard InChI is InChI=1S/C11H13NOS2/c1-2-8(14)7-12-11(13)9-5-3-4-6-10(9)15/h3-5H,2,6-7H2,1H3,(H,12,13). The van der Waals surface area contributed by atoms with E-state index in [0.29, 0.717) is 23.4 Å². The minimum Gasteiger partial charge on any atom is -0.347 e. The quantitative estimate of drug-likeness (QED) is 0.762. The summed E-state index contributed by atoms with van der Waals surface area (Å²) in [4.78, 5) is 13.2. The van der Waals surface area contributed by atoms with Crippen molar-refractivity contribution in [1.82, 2.24) is 5.32 Å². The Morgan fingerprint density at radius 2 is 2.33 bits per heavy atom. The highest BCUT2D eigenvalue weighted by Crippen LogP contribution is 2.09. The van der Waals surface area contributed by atoms with Crippen molar-refractivity contribution in [3.05, 3.63) is 23.8 Å². The summed E-state index contributed by atoms with van der Waals surface area (Å²) in [5.41, 5.74) is 0.589. The lowest BCUT2D eigenvalue weighted by Crippen LogP contribution is -2.32. The Bertz CT molecular complexity index is 356. The summed E-state index contributed by atoms with van der Waals surface area (Å²) < 4.78 is 0. The Kier molecular flexibility index (Phi) is 4.78. The zero-order valence-corrected chi connectivity index (χ0v) is 10.2. The Morgan fingerprint density at radius 3 is 2.93 bits per heavy atom. The van der Waals surface area contributed by atoms with Crippen LogP contribution in [0.25, 0.3) is 0 Å². The third kappa shape index (κ3) is 3.64. The van der Waals surface area contributed by atoms with Crippen LogP contribution in [-0.2, 0) is 4.79 Å². The normalized spacial score (nSPS) is 14.7. The second-order valence-electron chi connectivity index (χ2n) is 3.21. The fourth-order valence-electron chi connectivity index (χ4n) is 1.14. The summed E-state index contributed by atoms with van der Waals surface area (Å²) in [5, 5.41) is 2.76. The molecular formula is C11H13NOS2. The van der Waals surface area contributed by atoms with Gasteiger partial charge in [-0.05, 0) is 12.5 Å². The average molecular weight is 239 g/mol. The molecule has 0 aromatic heterocycles. The lowest BCUT2D eigenvalue weighted by Gasteiger charge is -2.10. The first-order chi connectivity index (χ1) is 7.15. The van der Waals surface area contributed by atoms with Gasteiger partial charge in [-0.1, -0.05) is 43.5 Å². The predicted octanol–water partition coefficient (Wildman–Crippen LogP) is 2.14. The van der Waals surface area contributed by atoms with Crippen LogP contribution in [0.5, 0.6) is 0 Å². The van der Waals surface area contributed by atoms with Crippen molar-refractivity contribution in [2.24, 2.45) is 0 Å². The number of rotatable bonds is 4.